The summed E-state index contributed by atoms with van der Waals surface area (Å²) in [5, 5.41) is 22.4. The fraction of sp³-hybridized carbons (Fsp3) is 0.100. The second kappa shape index (κ2) is 9.63. The first kappa shape index (κ1) is 25.5. The van der Waals surface area contributed by atoms with Gasteiger partial charge in [0.05, 0.1) is 0 Å². The summed E-state index contributed by atoms with van der Waals surface area (Å²) in [5.41, 5.74) is -2.55. The van der Waals surface area contributed by atoms with Crippen LogP contribution < -0.4 is 0 Å². The summed E-state index contributed by atoms with van der Waals surface area (Å²) < 4.78 is 72.6. The van der Waals surface area contributed by atoms with Gasteiger partial charge in [-0.05, 0) is 0 Å². The zero-order valence-electron chi connectivity index (χ0n) is 17.0. The molecule has 0 aliphatic rings. The third-order valence-corrected chi connectivity index (χ3v) is 11.6. The predicted molar refractivity (Wildman–Crippen MR) is 122 cm³/mol. The number of hydrogen-bond acceptors (Lipinski definition) is 7. The molecule has 3 aromatic carbocycles. The number of hydrogen-bond donors (Lipinski definition) is 0. The minimum atomic E-state index is -5.05. The topological polar surface area (TPSA) is 130 Å². The van der Waals surface area contributed by atoms with E-state index in [0.29, 0.717) is 0 Å². The third kappa shape index (κ3) is 5.51. The Balaban J connectivity index is 2.20. The van der Waals surface area contributed by atoms with Crippen LogP contribution in [0.2, 0.25) is 0 Å². The van der Waals surface area contributed by atoms with E-state index in [-0.39, 0.29) is 12.7 Å². The van der Waals surface area contributed by atoms with Gasteiger partial charge in [-0.3, -0.25) is 0 Å². The number of nitro benzene ring substituents is 2. The number of benzene rings is 3. The molecule has 180 valence electrons. The van der Waals surface area contributed by atoms with Gasteiger partial charge in [-0.25, -0.2) is 0 Å². The van der Waals surface area contributed by atoms with Crippen LogP contribution >= 0.6 is 20.2 Å². The molecule has 0 saturated carbocycles. The summed E-state index contributed by atoms with van der Waals surface area (Å²) >= 11 is -3.77. The number of rotatable bonds is 7. The predicted octanol–water partition coefficient (Wildman–Crippen LogP) is 5.70. The van der Waals surface area contributed by atoms with Crippen molar-refractivity contribution in [2.24, 2.45) is 0 Å². The van der Waals surface area contributed by atoms with Crippen LogP contribution in [0, 0.1) is 34.3 Å². The Hall–Kier alpha value is -3.11. The van der Waals surface area contributed by atoms with Crippen molar-refractivity contribution >= 4 is 41.7 Å². The number of nitrogens with zero attached hydrogens (tertiary/aromatic N) is 2. The second-order valence-electron chi connectivity index (χ2n) is 6.69. The summed E-state index contributed by atoms with van der Waals surface area (Å²) in [4.78, 5) is 19.8. The number of nitro groups is 2. The monoisotopic (exact) mass is 610 g/mol. The molecule has 0 aliphatic carbocycles. The Morgan fingerprint density at radius 3 is 1.76 bits per heavy atom. The maximum absolute atomic E-state index is 13.6. The molecule has 0 heterocycles. The molecule has 0 saturated heterocycles. The van der Waals surface area contributed by atoms with Gasteiger partial charge in [-0.2, -0.15) is 0 Å². The summed E-state index contributed by atoms with van der Waals surface area (Å²) in [6, 6.07) is 12.5. The summed E-state index contributed by atoms with van der Waals surface area (Å²) in [6.07, 6.45) is -5.01. The van der Waals surface area contributed by atoms with E-state index in [1.165, 1.54) is 24.3 Å². The summed E-state index contributed by atoms with van der Waals surface area (Å²) in [7, 11) is -5.05. The molecule has 3 aromatic rings. The zero-order valence-corrected chi connectivity index (χ0v) is 20.0. The van der Waals surface area contributed by atoms with Gasteiger partial charge in [0.25, 0.3) is 0 Å². The van der Waals surface area contributed by atoms with Gasteiger partial charge >= 0.3 is 199 Å². The molecular weight excluding hydrogens is 596 g/mol. The van der Waals surface area contributed by atoms with Crippen LogP contribution in [0.5, 0.6) is 0 Å². The quantitative estimate of drug-likeness (QED) is 0.191. The van der Waals surface area contributed by atoms with E-state index in [2.05, 4.69) is 0 Å². The van der Waals surface area contributed by atoms with E-state index in [1.807, 2.05) is 0 Å². The average molecular weight is 610 g/mol. The van der Waals surface area contributed by atoms with Crippen LogP contribution in [-0.2, 0) is 18.8 Å². The molecule has 0 N–H and O–H groups in total. The molecule has 0 unspecified atom stereocenters. The standard InChI is InChI=1S/C20H14F3IN2O7S/c1-13-5-2-10-18(19(13)20(21,22)23)34(31,32)33-24(14-6-3-8-16(11-14)25(27)28)15-7-4-9-17(12-15)26(29)30/h2-12H,1H3. The Morgan fingerprint density at radius 2 is 1.32 bits per heavy atom. The molecule has 3 rings (SSSR count). The number of aryl methyl sites for hydroxylation is 1. The Bertz CT molecular complexity index is 1320. The molecule has 14 heteroatoms. The van der Waals surface area contributed by atoms with Gasteiger partial charge in [0.2, 0.25) is 0 Å². The molecule has 0 aromatic heterocycles. The molecular formula is C20H14F3IN2O7S. The van der Waals surface area contributed by atoms with Crippen molar-refractivity contribution in [1.29, 1.82) is 0 Å². The summed E-state index contributed by atoms with van der Waals surface area (Å²) in [6.45, 7) is 1.10. The second-order valence-corrected chi connectivity index (χ2v) is 13.1. The third-order valence-electron chi connectivity index (χ3n) is 4.37. The van der Waals surface area contributed by atoms with Crippen molar-refractivity contribution in [3.05, 3.63) is 105 Å². The van der Waals surface area contributed by atoms with E-state index in [4.69, 9.17) is 2.51 Å². The van der Waals surface area contributed by atoms with E-state index < -0.39 is 68.2 Å². The molecule has 0 amide bonds. The molecule has 0 radical (unpaired) electrons. The van der Waals surface area contributed by atoms with Crippen molar-refractivity contribution in [1.82, 2.24) is 0 Å². The van der Waals surface area contributed by atoms with Crippen molar-refractivity contribution in [3.63, 3.8) is 0 Å². The summed E-state index contributed by atoms with van der Waals surface area (Å²) in [5.74, 6) is 0. The Morgan fingerprint density at radius 1 is 0.853 bits per heavy atom. The molecule has 0 aliphatic heterocycles. The Labute approximate surface area is 198 Å². The van der Waals surface area contributed by atoms with Crippen LogP contribution in [0.3, 0.4) is 0 Å². The van der Waals surface area contributed by atoms with Crippen LogP contribution in [0.4, 0.5) is 24.5 Å². The van der Waals surface area contributed by atoms with Crippen molar-refractivity contribution < 1.29 is 33.9 Å². The maximum atomic E-state index is 13.6. The van der Waals surface area contributed by atoms with E-state index in [9.17, 15) is 41.8 Å². The van der Waals surface area contributed by atoms with Gasteiger partial charge in [0, 0.05) is 0 Å². The van der Waals surface area contributed by atoms with Crippen LogP contribution in [0.1, 0.15) is 11.1 Å². The van der Waals surface area contributed by atoms with Crippen molar-refractivity contribution in [3.8, 4) is 0 Å². The number of non-ortho nitro benzene ring substituents is 2. The first-order chi connectivity index (χ1) is 15.8. The number of alkyl halides is 3. The van der Waals surface area contributed by atoms with Gasteiger partial charge in [0.15, 0.2) is 0 Å². The average Bonchev–Trinajstić information content (AvgIpc) is 2.76. The van der Waals surface area contributed by atoms with Gasteiger partial charge in [-0.1, -0.05) is 0 Å². The van der Waals surface area contributed by atoms with Crippen LogP contribution in [-0.4, -0.2) is 18.3 Å². The van der Waals surface area contributed by atoms with E-state index in [0.717, 1.165) is 49.4 Å². The normalized spacial score (nSPS) is 12.3. The Kier molecular flexibility index (Phi) is 7.23. The van der Waals surface area contributed by atoms with Crippen molar-refractivity contribution in [2.75, 3.05) is 0 Å². The fourth-order valence-electron chi connectivity index (χ4n) is 2.92. The molecule has 0 atom stereocenters. The van der Waals surface area contributed by atoms with E-state index in [1.54, 1.807) is 0 Å². The molecule has 0 spiro atoms. The molecule has 0 fully saturated rings. The molecule has 34 heavy (non-hydrogen) atoms. The van der Waals surface area contributed by atoms with E-state index >= 15 is 0 Å². The molecule has 9 nitrogen and oxygen atoms in total. The first-order valence-corrected chi connectivity index (χ1v) is 13.6. The minimum absolute atomic E-state index is 0.0451. The molecule has 0 bridgehead atoms. The van der Waals surface area contributed by atoms with Crippen LogP contribution in [0.25, 0.3) is 0 Å². The van der Waals surface area contributed by atoms with Crippen LogP contribution in [0.15, 0.2) is 71.6 Å². The SMILES string of the molecule is Cc1cccc(S(=O)(=O)OI(c2cccc([N+](=O)[O-])c2)c2cccc([N+](=O)[O-])c2)c1C(F)(F)F. The van der Waals surface area contributed by atoms with Gasteiger partial charge < -0.3 is 0 Å². The number of halogens is 4. The first-order valence-electron chi connectivity index (χ1n) is 9.12. The van der Waals surface area contributed by atoms with Gasteiger partial charge in [0.1, 0.15) is 0 Å². The van der Waals surface area contributed by atoms with Gasteiger partial charge in [-0.15, -0.1) is 0 Å². The zero-order chi connectivity index (χ0) is 25.3. The fourth-order valence-corrected chi connectivity index (χ4v) is 10.3. The van der Waals surface area contributed by atoms with Crippen molar-refractivity contribution in [2.45, 2.75) is 18.0 Å².